The molecule has 3 heterocycles. The molecule has 2 aliphatic rings. The van der Waals surface area contributed by atoms with E-state index in [9.17, 15) is 9.90 Å². The molecule has 4 N–H and O–H groups in total. The van der Waals surface area contributed by atoms with Gasteiger partial charge in [0.25, 0.3) is 0 Å². The number of nitrogens with one attached hydrogen (secondary N) is 1. The molecular formula is C20H17N5O4. The van der Waals surface area contributed by atoms with Gasteiger partial charge in [0, 0.05) is 11.3 Å². The number of fused-ring (bicyclic) bond motifs is 2. The molecule has 146 valence electrons. The standard InChI is InChI=1S/C20H17N5O4/c1-10-16(18(21)27)17(11-5-6-14-15(8-11)29-9-28-14)25-20(22-10)23-19(24-25)12-3-2-4-13(26)7-12/h2-8,17,26H,9H2,1H3,(H2,21,27)(H,22,23,24). The number of ether oxygens (including phenoxy) is 2. The van der Waals surface area contributed by atoms with Gasteiger partial charge in [-0.15, -0.1) is 5.10 Å². The van der Waals surface area contributed by atoms with Gasteiger partial charge in [0.1, 0.15) is 11.8 Å². The second-order valence-corrected chi connectivity index (χ2v) is 6.80. The molecule has 3 aromatic rings. The summed E-state index contributed by atoms with van der Waals surface area (Å²) in [5.74, 6) is 1.67. The van der Waals surface area contributed by atoms with E-state index < -0.39 is 11.9 Å². The summed E-state index contributed by atoms with van der Waals surface area (Å²) in [6, 6.07) is 11.5. The number of phenols is 1. The Balaban J connectivity index is 1.67. The van der Waals surface area contributed by atoms with Crippen LogP contribution in [-0.2, 0) is 4.79 Å². The maximum atomic E-state index is 12.3. The molecule has 0 aliphatic carbocycles. The monoisotopic (exact) mass is 391 g/mol. The lowest BCUT2D eigenvalue weighted by Crippen LogP contribution is -2.31. The molecule has 0 saturated carbocycles. The van der Waals surface area contributed by atoms with Gasteiger partial charge in [-0.2, -0.15) is 4.98 Å². The van der Waals surface area contributed by atoms with Gasteiger partial charge >= 0.3 is 0 Å². The van der Waals surface area contributed by atoms with Gasteiger partial charge in [-0.05, 0) is 36.8 Å². The van der Waals surface area contributed by atoms with E-state index in [1.807, 2.05) is 12.1 Å². The number of allylic oxidation sites excluding steroid dienone is 1. The molecule has 1 amide bonds. The number of carbonyl (C=O) groups is 1. The van der Waals surface area contributed by atoms with Crippen molar-refractivity contribution in [2.75, 3.05) is 12.1 Å². The highest BCUT2D eigenvalue weighted by atomic mass is 16.7. The zero-order chi connectivity index (χ0) is 20.1. The van der Waals surface area contributed by atoms with Crippen molar-refractivity contribution in [3.63, 3.8) is 0 Å². The second-order valence-electron chi connectivity index (χ2n) is 6.80. The molecule has 1 aromatic heterocycles. The Labute approximate surface area is 165 Å². The van der Waals surface area contributed by atoms with E-state index in [1.54, 1.807) is 41.9 Å². The van der Waals surface area contributed by atoms with Crippen molar-refractivity contribution in [2.45, 2.75) is 13.0 Å². The van der Waals surface area contributed by atoms with Crippen LogP contribution in [0.15, 0.2) is 53.7 Å². The Bertz CT molecular complexity index is 1180. The van der Waals surface area contributed by atoms with E-state index in [0.717, 1.165) is 5.56 Å². The molecule has 9 heteroatoms. The highest BCUT2D eigenvalue weighted by Gasteiger charge is 2.34. The average Bonchev–Trinajstić information content (AvgIpc) is 3.32. The second kappa shape index (κ2) is 6.26. The number of carbonyl (C=O) groups excluding carboxylic acids is 1. The summed E-state index contributed by atoms with van der Waals surface area (Å²) in [4.78, 5) is 16.8. The van der Waals surface area contributed by atoms with E-state index in [0.29, 0.717) is 40.1 Å². The molecule has 2 aromatic carbocycles. The Morgan fingerprint density at radius 1 is 1.24 bits per heavy atom. The number of hydrogen-bond donors (Lipinski definition) is 3. The molecule has 2 aliphatic heterocycles. The molecule has 1 unspecified atom stereocenters. The zero-order valence-corrected chi connectivity index (χ0v) is 15.4. The minimum Gasteiger partial charge on any atom is -0.508 e. The van der Waals surface area contributed by atoms with Crippen LogP contribution in [0.25, 0.3) is 11.4 Å². The molecule has 0 saturated heterocycles. The summed E-state index contributed by atoms with van der Waals surface area (Å²) < 4.78 is 12.5. The maximum Gasteiger partial charge on any atom is 0.248 e. The highest BCUT2D eigenvalue weighted by molar-refractivity contribution is 5.95. The summed E-state index contributed by atoms with van der Waals surface area (Å²) in [5, 5.41) is 17.5. The first kappa shape index (κ1) is 17.1. The van der Waals surface area contributed by atoms with Gasteiger partial charge in [-0.25, -0.2) is 4.68 Å². The number of primary amides is 1. The van der Waals surface area contributed by atoms with Gasteiger partial charge in [0.2, 0.25) is 18.6 Å². The first-order valence-electron chi connectivity index (χ1n) is 8.94. The minimum atomic E-state index is -0.586. The lowest BCUT2D eigenvalue weighted by Gasteiger charge is -2.27. The summed E-state index contributed by atoms with van der Waals surface area (Å²) in [6.07, 6.45) is 0. The van der Waals surface area contributed by atoms with E-state index in [1.165, 1.54) is 0 Å². The van der Waals surface area contributed by atoms with E-state index in [-0.39, 0.29) is 12.5 Å². The highest BCUT2D eigenvalue weighted by Crippen LogP contribution is 2.40. The molecule has 5 rings (SSSR count). The number of amides is 1. The van der Waals surface area contributed by atoms with Crippen LogP contribution in [0.2, 0.25) is 0 Å². The van der Waals surface area contributed by atoms with Crippen molar-refractivity contribution in [1.82, 2.24) is 14.8 Å². The van der Waals surface area contributed by atoms with Crippen molar-refractivity contribution < 1.29 is 19.4 Å². The number of rotatable bonds is 3. The number of benzene rings is 2. The predicted molar refractivity (Wildman–Crippen MR) is 103 cm³/mol. The molecule has 0 fully saturated rings. The van der Waals surface area contributed by atoms with Crippen LogP contribution in [0.1, 0.15) is 18.5 Å². The quantitative estimate of drug-likeness (QED) is 0.625. The van der Waals surface area contributed by atoms with Crippen LogP contribution in [0, 0.1) is 0 Å². The molecular weight excluding hydrogens is 374 g/mol. The van der Waals surface area contributed by atoms with Crippen LogP contribution in [0.5, 0.6) is 17.2 Å². The molecule has 0 bridgehead atoms. The van der Waals surface area contributed by atoms with E-state index >= 15 is 0 Å². The van der Waals surface area contributed by atoms with Crippen LogP contribution < -0.4 is 20.5 Å². The van der Waals surface area contributed by atoms with Crippen molar-refractivity contribution in [1.29, 1.82) is 0 Å². The fourth-order valence-electron chi connectivity index (χ4n) is 3.63. The molecule has 0 radical (unpaired) electrons. The van der Waals surface area contributed by atoms with E-state index in [4.69, 9.17) is 15.2 Å². The molecule has 29 heavy (non-hydrogen) atoms. The van der Waals surface area contributed by atoms with Crippen LogP contribution in [-0.4, -0.2) is 32.6 Å². The van der Waals surface area contributed by atoms with Crippen LogP contribution >= 0.6 is 0 Å². The third-order valence-corrected chi connectivity index (χ3v) is 4.93. The summed E-state index contributed by atoms with van der Waals surface area (Å²) in [7, 11) is 0. The largest absolute Gasteiger partial charge is 0.508 e. The SMILES string of the molecule is CC1=C(C(N)=O)C(c2ccc3c(c2)OCO3)n2nc(-c3cccc(O)c3)nc2N1. The van der Waals surface area contributed by atoms with Crippen molar-refractivity contribution in [3.05, 3.63) is 59.3 Å². The number of nitrogens with two attached hydrogens (primary N) is 1. The summed E-state index contributed by atoms with van der Waals surface area (Å²) in [5.41, 5.74) is 8.09. The first-order chi connectivity index (χ1) is 14.0. The Hall–Kier alpha value is -4.01. The normalized spacial score (nSPS) is 17.1. The smallest absolute Gasteiger partial charge is 0.248 e. The lowest BCUT2D eigenvalue weighted by atomic mass is 9.95. The number of hydrogen-bond acceptors (Lipinski definition) is 7. The van der Waals surface area contributed by atoms with Gasteiger partial charge < -0.3 is 25.6 Å². The number of phenolic OH excluding ortho intramolecular Hbond substituents is 1. The molecule has 9 nitrogen and oxygen atoms in total. The first-order valence-corrected chi connectivity index (χ1v) is 8.94. The number of nitrogens with zero attached hydrogens (tertiary/aromatic N) is 3. The number of anilines is 1. The summed E-state index contributed by atoms with van der Waals surface area (Å²) in [6.45, 7) is 1.92. The fraction of sp³-hybridized carbons (Fsp3) is 0.150. The predicted octanol–water partition coefficient (Wildman–Crippen LogP) is 2.15. The minimum absolute atomic E-state index is 0.114. The molecule has 0 spiro atoms. The zero-order valence-electron chi connectivity index (χ0n) is 15.4. The van der Waals surface area contributed by atoms with Crippen molar-refractivity contribution in [2.24, 2.45) is 5.73 Å². The van der Waals surface area contributed by atoms with Gasteiger partial charge in [0.05, 0.1) is 5.57 Å². The Morgan fingerprint density at radius 3 is 2.86 bits per heavy atom. The van der Waals surface area contributed by atoms with Gasteiger partial charge in [-0.1, -0.05) is 18.2 Å². The Kier molecular flexibility index (Phi) is 3.70. The topological polar surface area (TPSA) is 125 Å². The van der Waals surface area contributed by atoms with Crippen LogP contribution in [0.4, 0.5) is 5.95 Å². The Morgan fingerprint density at radius 2 is 2.07 bits per heavy atom. The fourth-order valence-corrected chi connectivity index (χ4v) is 3.63. The van der Waals surface area contributed by atoms with Crippen molar-refractivity contribution in [3.8, 4) is 28.6 Å². The third kappa shape index (κ3) is 2.75. The van der Waals surface area contributed by atoms with Gasteiger partial charge in [-0.3, -0.25) is 4.79 Å². The summed E-state index contributed by atoms with van der Waals surface area (Å²) >= 11 is 0. The number of aromatic hydroxyl groups is 1. The van der Waals surface area contributed by atoms with E-state index in [2.05, 4.69) is 15.4 Å². The maximum absolute atomic E-state index is 12.3. The van der Waals surface area contributed by atoms with Crippen molar-refractivity contribution >= 4 is 11.9 Å². The lowest BCUT2D eigenvalue weighted by molar-refractivity contribution is -0.115. The average molecular weight is 391 g/mol. The molecule has 1 atom stereocenters. The van der Waals surface area contributed by atoms with Crippen LogP contribution in [0.3, 0.4) is 0 Å². The third-order valence-electron chi connectivity index (χ3n) is 4.93. The number of aromatic nitrogens is 3. The van der Waals surface area contributed by atoms with Gasteiger partial charge in [0.15, 0.2) is 17.3 Å².